The van der Waals surface area contributed by atoms with Gasteiger partial charge in [-0.05, 0) is 48.7 Å². The number of hydrogen-bond acceptors (Lipinski definition) is 7. The van der Waals surface area contributed by atoms with Crippen molar-refractivity contribution in [3.8, 4) is 34.3 Å². The number of hydrogen-bond donors (Lipinski definition) is 2. The monoisotopic (exact) mass is 402 g/mol. The van der Waals surface area contributed by atoms with Gasteiger partial charge in [0, 0.05) is 24.2 Å². The molecule has 0 radical (unpaired) electrons. The summed E-state index contributed by atoms with van der Waals surface area (Å²) in [6, 6.07) is 10.0. The number of methoxy groups -OCH3 is 1. The molecule has 1 aromatic carbocycles. The smallest absolute Gasteiger partial charge is 0.233 e. The van der Waals surface area contributed by atoms with Crippen LogP contribution in [0.25, 0.3) is 33.4 Å². The predicted octanol–water partition coefficient (Wildman–Crippen LogP) is 3.22. The number of pyridine rings is 1. The number of H-pyrrole nitrogens is 1. The largest absolute Gasteiger partial charge is 0.481 e. The Hall–Kier alpha value is -3.52. The maximum Gasteiger partial charge on any atom is 0.233 e. The fourth-order valence-corrected chi connectivity index (χ4v) is 3.70. The summed E-state index contributed by atoms with van der Waals surface area (Å²) in [5, 5.41) is 11.9. The molecule has 1 unspecified atom stereocenters. The molecular formula is C22H22N6O2. The summed E-state index contributed by atoms with van der Waals surface area (Å²) in [5.74, 6) is 1.10. The van der Waals surface area contributed by atoms with E-state index in [1.807, 2.05) is 24.3 Å². The minimum Gasteiger partial charge on any atom is -0.481 e. The van der Waals surface area contributed by atoms with Crippen molar-refractivity contribution in [1.82, 2.24) is 30.5 Å². The summed E-state index contributed by atoms with van der Waals surface area (Å²) in [6.07, 6.45) is 7.34. The zero-order valence-corrected chi connectivity index (χ0v) is 16.6. The molecule has 0 bridgehead atoms. The summed E-state index contributed by atoms with van der Waals surface area (Å²) in [5.41, 5.74) is 4.40. The topological polar surface area (TPSA) is 97.8 Å². The minimum atomic E-state index is 0.118. The Labute approximate surface area is 173 Å². The molecule has 1 aliphatic heterocycles. The van der Waals surface area contributed by atoms with Crippen LogP contribution in [0.3, 0.4) is 0 Å². The number of aromatic amines is 1. The number of benzene rings is 1. The molecule has 0 saturated carbocycles. The van der Waals surface area contributed by atoms with E-state index in [2.05, 4.69) is 36.5 Å². The van der Waals surface area contributed by atoms with Crippen LogP contribution >= 0.6 is 0 Å². The van der Waals surface area contributed by atoms with Crippen LogP contribution in [0.4, 0.5) is 0 Å². The molecule has 1 atom stereocenters. The van der Waals surface area contributed by atoms with Gasteiger partial charge in [0.15, 0.2) is 0 Å². The molecule has 4 aromatic rings. The van der Waals surface area contributed by atoms with Crippen molar-refractivity contribution < 1.29 is 9.47 Å². The Morgan fingerprint density at radius 2 is 2.00 bits per heavy atom. The van der Waals surface area contributed by atoms with Crippen LogP contribution in [-0.4, -0.2) is 51.5 Å². The first-order valence-corrected chi connectivity index (χ1v) is 9.98. The average Bonchev–Trinajstić information content (AvgIpc) is 3.23. The first kappa shape index (κ1) is 18.5. The van der Waals surface area contributed by atoms with Crippen molar-refractivity contribution in [1.29, 1.82) is 0 Å². The number of rotatable bonds is 5. The van der Waals surface area contributed by atoms with Crippen LogP contribution in [0.2, 0.25) is 0 Å². The summed E-state index contributed by atoms with van der Waals surface area (Å²) in [4.78, 5) is 13.2. The van der Waals surface area contributed by atoms with Gasteiger partial charge < -0.3 is 14.8 Å². The highest BCUT2D eigenvalue weighted by Gasteiger charge is 2.17. The van der Waals surface area contributed by atoms with Gasteiger partial charge in [0.25, 0.3) is 0 Å². The van der Waals surface area contributed by atoms with E-state index in [-0.39, 0.29) is 6.10 Å². The van der Waals surface area contributed by atoms with E-state index in [0.717, 1.165) is 53.7 Å². The van der Waals surface area contributed by atoms with Gasteiger partial charge in [0.05, 0.1) is 25.0 Å². The molecule has 8 heteroatoms. The van der Waals surface area contributed by atoms with E-state index in [1.54, 1.807) is 25.7 Å². The third kappa shape index (κ3) is 3.69. The zero-order chi connectivity index (χ0) is 20.3. The molecule has 1 fully saturated rings. The molecule has 30 heavy (non-hydrogen) atoms. The van der Waals surface area contributed by atoms with Crippen molar-refractivity contribution in [2.75, 3.05) is 20.2 Å². The first-order valence-electron chi connectivity index (χ1n) is 9.98. The Kier molecular flexibility index (Phi) is 4.98. The van der Waals surface area contributed by atoms with Gasteiger partial charge in [-0.3, -0.25) is 10.1 Å². The molecule has 1 aliphatic rings. The van der Waals surface area contributed by atoms with Gasteiger partial charge in [-0.25, -0.2) is 9.97 Å². The van der Waals surface area contributed by atoms with Crippen LogP contribution in [-0.2, 0) is 0 Å². The van der Waals surface area contributed by atoms with E-state index in [1.165, 1.54) is 0 Å². The first-order chi connectivity index (χ1) is 14.8. The SMILES string of the molecule is COc1cc(-c2ccc3[nH]nc(-c4cncc(OC5CCCNC5)n4)c3c2)ccn1. The molecule has 152 valence electrons. The second kappa shape index (κ2) is 8.08. The summed E-state index contributed by atoms with van der Waals surface area (Å²) < 4.78 is 11.3. The summed E-state index contributed by atoms with van der Waals surface area (Å²) >= 11 is 0. The Morgan fingerprint density at radius 1 is 1.07 bits per heavy atom. The Bertz CT molecular complexity index is 1170. The Morgan fingerprint density at radius 3 is 2.87 bits per heavy atom. The maximum atomic E-state index is 6.03. The lowest BCUT2D eigenvalue weighted by Crippen LogP contribution is -2.37. The van der Waals surface area contributed by atoms with E-state index in [4.69, 9.17) is 9.47 Å². The highest BCUT2D eigenvalue weighted by atomic mass is 16.5. The van der Waals surface area contributed by atoms with Crippen molar-refractivity contribution in [3.63, 3.8) is 0 Å². The van der Waals surface area contributed by atoms with Crippen LogP contribution in [0.1, 0.15) is 12.8 Å². The van der Waals surface area contributed by atoms with Gasteiger partial charge in [0.2, 0.25) is 11.8 Å². The molecule has 0 aliphatic carbocycles. The second-order valence-corrected chi connectivity index (χ2v) is 7.25. The molecule has 8 nitrogen and oxygen atoms in total. The normalized spacial score (nSPS) is 16.5. The molecule has 0 spiro atoms. The van der Waals surface area contributed by atoms with Crippen LogP contribution in [0.5, 0.6) is 11.8 Å². The average molecular weight is 402 g/mol. The highest BCUT2D eigenvalue weighted by molar-refractivity contribution is 5.94. The van der Waals surface area contributed by atoms with Gasteiger partial charge in [-0.2, -0.15) is 5.10 Å². The lowest BCUT2D eigenvalue weighted by atomic mass is 10.0. The lowest BCUT2D eigenvalue weighted by Gasteiger charge is -2.23. The maximum absolute atomic E-state index is 6.03. The number of nitrogens with one attached hydrogen (secondary N) is 2. The third-order valence-corrected chi connectivity index (χ3v) is 5.23. The predicted molar refractivity (Wildman–Crippen MR) is 113 cm³/mol. The summed E-state index contributed by atoms with van der Waals surface area (Å²) in [6.45, 7) is 1.87. The van der Waals surface area contributed by atoms with Crippen molar-refractivity contribution in [2.24, 2.45) is 0 Å². The van der Waals surface area contributed by atoms with Gasteiger partial charge in [0.1, 0.15) is 17.5 Å². The molecular weight excluding hydrogens is 380 g/mol. The van der Waals surface area contributed by atoms with Crippen LogP contribution in [0, 0.1) is 0 Å². The standard InChI is InChI=1S/C22H22N6O2/c1-29-20-10-15(6-8-25-20)14-4-5-18-17(9-14)22(28-27-18)19-12-24-13-21(26-19)30-16-3-2-7-23-11-16/h4-6,8-10,12-13,16,23H,2-3,7,11H2,1H3,(H,27,28). The van der Waals surface area contributed by atoms with Gasteiger partial charge in [-0.15, -0.1) is 0 Å². The van der Waals surface area contributed by atoms with Crippen LogP contribution in [0.15, 0.2) is 48.9 Å². The fourth-order valence-electron chi connectivity index (χ4n) is 3.70. The number of ether oxygens (including phenoxy) is 2. The second-order valence-electron chi connectivity index (χ2n) is 7.25. The van der Waals surface area contributed by atoms with Crippen LogP contribution < -0.4 is 14.8 Å². The van der Waals surface area contributed by atoms with E-state index in [9.17, 15) is 0 Å². The van der Waals surface area contributed by atoms with Gasteiger partial charge in [-0.1, -0.05) is 6.07 Å². The quantitative estimate of drug-likeness (QED) is 0.529. The number of piperidine rings is 1. The highest BCUT2D eigenvalue weighted by Crippen LogP contribution is 2.31. The van der Waals surface area contributed by atoms with E-state index in [0.29, 0.717) is 17.5 Å². The number of aromatic nitrogens is 5. The van der Waals surface area contributed by atoms with Crippen molar-refractivity contribution in [3.05, 3.63) is 48.9 Å². The zero-order valence-electron chi connectivity index (χ0n) is 16.6. The lowest BCUT2D eigenvalue weighted by molar-refractivity contribution is 0.160. The van der Waals surface area contributed by atoms with Crippen molar-refractivity contribution >= 4 is 10.9 Å². The third-order valence-electron chi connectivity index (χ3n) is 5.23. The molecule has 0 amide bonds. The summed E-state index contributed by atoms with van der Waals surface area (Å²) in [7, 11) is 1.61. The molecule has 1 saturated heterocycles. The number of nitrogens with zero attached hydrogens (tertiary/aromatic N) is 4. The number of fused-ring (bicyclic) bond motifs is 1. The van der Waals surface area contributed by atoms with Crippen molar-refractivity contribution in [2.45, 2.75) is 18.9 Å². The Balaban J connectivity index is 1.49. The molecule has 5 rings (SSSR count). The van der Waals surface area contributed by atoms with E-state index < -0.39 is 0 Å². The van der Waals surface area contributed by atoms with E-state index >= 15 is 0 Å². The fraction of sp³-hybridized carbons (Fsp3) is 0.273. The molecule has 3 aromatic heterocycles. The molecule has 4 heterocycles. The van der Waals surface area contributed by atoms with Gasteiger partial charge >= 0.3 is 0 Å². The molecule has 2 N–H and O–H groups in total. The minimum absolute atomic E-state index is 0.118.